The van der Waals surface area contributed by atoms with Crippen molar-refractivity contribution >= 4 is 5.91 Å². The van der Waals surface area contributed by atoms with Crippen molar-refractivity contribution in [3.8, 4) is 6.07 Å². The van der Waals surface area contributed by atoms with Gasteiger partial charge in [0, 0.05) is 6.54 Å². The molecule has 0 fully saturated rings. The van der Waals surface area contributed by atoms with Crippen molar-refractivity contribution in [3.63, 3.8) is 0 Å². The van der Waals surface area contributed by atoms with Crippen LogP contribution in [0.1, 0.15) is 22.3 Å². The number of hydrogen-bond acceptors (Lipinski definition) is 2. The molecule has 1 amide bonds. The minimum Gasteiger partial charge on any atom is -0.328 e. The van der Waals surface area contributed by atoms with Crippen LogP contribution in [0.5, 0.6) is 0 Å². The largest absolute Gasteiger partial charge is 0.417 e. The highest BCUT2D eigenvalue weighted by atomic mass is 19.4. The van der Waals surface area contributed by atoms with Gasteiger partial charge in [0.25, 0.3) is 5.91 Å². The van der Waals surface area contributed by atoms with E-state index in [0.29, 0.717) is 6.07 Å². The van der Waals surface area contributed by atoms with Gasteiger partial charge in [0.05, 0.1) is 23.6 Å². The van der Waals surface area contributed by atoms with Crippen molar-refractivity contribution in [1.29, 1.82) is 5.26 Å². The average molecular weight is 324 g/mol. The monoisotopic (exact) mass is 324 g/mol. The average Bonchev–Trinajstić information content (AvgIpc) is 2.40. The predicted octanol–water partition coefficient (Wildman–Crippen LogP) is 3.62. The van der Waals surface area contributed by atoms with Crippen molar-refractivity contribution in [2.45, 2.75) is 18.8 Å². The minimum absolute atomic E-state index is 0.188. The molecular weight excluding hydrogens is 314 g/mol. The molecule has 0 bridgehead atoms. The van der Waals surface area contributed by atoms with Crippen molar-refractivity contribution < 1.29 is 31.1 Å². The van der Waals surface area contributed by atoms with E-state index in [9.17, 15) is 31.1 Å². The maximum atomic E-state index is 12.8. The summed E-state index contributed by atoms with van der Waals surface area (Å²) in [6.45, 7) is -2.33. The molecule has 0 saturated heterocycles. The summed E-state index contributed by atoms with van der Waals surface area (Å²) >= 11 is 0. The fourth-order valence-electron chi connectivity index (χ4n) is 1.74. The van der Waals surface area contributed by atoms with E-state index < -0.39 is 48.9 Å². The molecule has 0 aliphatic carbocycles. The van der Waals surface area contributed by atoms with Crippen LogP contribution in [0.3, 0.4) is 0 Å². The lowest BCUT2D eigenvalue weighted by atomic mass is 10.1. The molecule has 0 aliphatic heterocycles. The first kappa shape index (κ1) is 17.8. The fourth-order valence-corrected chi connectivity index (χ4v) is 1.74. The predicted molar refractivity (Wildman–Crippen MR) is 63.6 cm³/mol. The molecule has 0 heterocycles. The summed E-state index contributed by atoms with van der Waals surface area (Å²) in [5, 5.41) is 8.40. The van der Waals surface area contributed by atoms with Crippen molar-refractivity contribution in [3.05, 3.63) is 35.4 Å². The Morgan fingerprint density at radius 3 is 2.23 bits per heavy atom. The van der Waals surface area contributed by atoms with Gasteiger partial charge in [-0.05, 0) is 12.1 Å². The standard InChI is InChI=1S/C13H10F6N2O/c14-12(15,16)8-21(7-3-6-20)11(22)9-4-1-2-5-10(9)13(17,18)19/h1-2,4-5H,3,7-8H2. The third kappa shape index (κ3) is 4.95. The van der Waals surface area contributed by atoms with Crippen LogP contribution >= 0.6 is 0 Å². The van der Waals surface area contributed by atoms with Gasteiger partial charge < -0.3 is 4.90 Å². The van der Waals surface area contributed by atoms with E-state index in [1.165, 1.54) is 0 Å². The van der Waals surface area contributed by atoms with Crippen LogP contribution in [0.2, 0.25) is 0 Å². The third-order valence-corrected chi connectivity index (χ3v) is 2.61. The molecule has 3 nitrogen and oxygen atoms in total. The van der Waals surface area contributed by atoms with E-state index in [0.717, 1.165) is 18.2 Å². The maximum Gasteiger partial charge on any atom is 0.417 e. The first-order valence-electron chi connectivity index (χ1n) is 5.95. The highest BCUT2D eigenvalue weighted by Crippen LogP contribution is 2.32. The molecule has 0 radical (unpaired) electrons. The van der Waals surface area contributed by atoms with Crippen molar-refractivity contribution in [2.24, 2.45) is 0 Å². The molecule has 0 N–H and O–H groups in total. The molecule has 1 rings (SSSR count). The highest BCUT2D eigenvalue weighted by Gasteiger charge is 2.38. The van der Waals surface area contributed by atoms with Crippen LogP contribution in [-0.2, 0) is 6.18 Å². The summed E-state index contributed by atoms with van der Waals surface area (Å²) in [4.78, 5) is 12.2. The van der Waals surface area contributed by atoms with Crippen LogP contribution in [-0.4, -0.2) is 30.1 Å². The summed E-state index contributed by atoms with van der Waals surface area (Å²) in [6, 6.07) is 5.13. The Morgan fingerprint density at radius 2 is 1.73 bits per heavy atom. The second-order valence-electron chi connectivity index (χ2n) is 4.29. The zero-order valence-corrected chi connectivity index (χ0v) is 11.0. The van der Waals surface area contributed by atoms with Gasteiger partial charge in [0.1, 0.15) is 6.54 Å². The van der Waals surface area contributed by atoms with Crippen LogP contribution < -0.4 is 0 Å². The van der Waals surface area contributed by atoms with E-state index in [2.05, 4.69) is 0 Å². The lowest BCUT2D eigenvalue weighted by Gasteiger charge is -2.24. The molecule has 0 aromatic heterocycles. The summed E-state index contributed by atoms with van der Waals surface area (Å²) in [6.07, 6.45) is -10.1. The summed E-state index contributed by atoms with van der Waals surface area (Å²) < 4.78 is 75.8. The van der Waals surface area contributed by atoms with E-state index in [-0.39, 0.29) is 4.90 Å². The van der Waals surface area contributed by atoms with Crippen LogP contribution in [0.4, 0.5) is 26.3 Å². The fraction of sp³-hybridized carbons (Fsp3) is 0.385. The van der Waals surface area contributed by atoms with Gasteiger partial charge in [0.15, 0.2) is 0 Å². The summed E-state index contributed by atoms with van der Waals surface area (Å²) in [7, 11) is 0. The Morgan fingerprint density at radius 1 is 1.14 bits per heavy atom. The number of alkyl halides is 6. The molecule has 1 aromatic carbocycles. The minimum atomic E-state index is -4.87. The Kier molecular flexibility index (Phi) is 5.41. The Hall–Kier alpha value is -2.24. The SMILES string of the molecule is N#CCCN(CC(F)(F)F)C(=O)c1ccccc1C(F)(F)F. The zero-order valence-electron chi connectivity index (χ0n) is 11.0. The number of nitrogens with zero attached hydrogens (tertiary/aromatic N) is 2. The van der Waals surface area contributed by atoms with Gasteiger partial charge in [0.2, 0.25) is 0 Å². The van der Waals surface area contributed by atoms with Crippen LogP contribution in [0.25, 0.3) is 0 Å². The quantitative estimate of drug-likeness (QED) is 0.794. The lowest BCUT2D eigenvalue weighted by molar-refractivity contribution is -0.141. The molecule has 0 unspecified atom stereocenters. The number of hydrogen-bond donors (Lipinski definition) is 0. The van der Waals surface area contributed by atoms with E-state index in [1.807, 2.05) is 0 Å². The number of rotatable bonds is 4. The number of halogens is 6. The molecule has 22 heavy (non-hydrogen) atoms. The van der Waals surface area contributed by atoms with Gasteiger partial charge >= 0.3 is 12.4 Å². The van der Waals surface area contributed by atoms with Crippen LogP contribution in [0, 0.1) is 11.3 Å². The summed E-state index contributed by atoms with van der Waals surface area (Å²) in [5.74, 6) is -1.42. The van der Waals surface area contributed by atoms with Gasteiger partial charge in [-0.2, -0.15) is 31.6 Å². The molecule has 0 atom stereocenters. The maximum absolute atomic E-state index is 12.8. The van der Waals surface area contributed by atoms with Gasteiger partial charge in [-0.1, -0.05) is 12.1 Å². The first-order valence-corrected chi connectivity index (χ1v) is 5.95. The molecule has 0 aliphatic rings. The molecular formula is C13H10F6N2O. The van der Waals surface area contributed by atoms with E-state index in [4.69, 9.17) is 5.26 Å². The number of benzene rings is 1. The smallest absolute Gasteiger partial charge is 0.328 e. The Labute approximate surface area is 121 Å². The van der Waals surface area contributed by atoms with Crippen LogP contribution in [0.15, 0.2) is 24.3 Å². The van der Waals surface area contributed by atoms with Gasteiger partial charge in [-0.3, -0.25) is 4.79 Å². The van der Waals surface area contributed by atoms with Gasteiger partial charge in [-0.25, -0.2) is 0 Å². The second-order valence-corrected chi connectivity index (χ2v) is 4.29. The van der Waals surface area contributed by atoms with E-state index in [1.54, 1.807) is 6.07 Å². The normalized spacial score (nSPS) is 11.9. The Balaban J connectivity index is 3.17. The van der Waals surface area contributed by atoms with E-state index >= 15 is 0 Å². The third-order valence-electron chi connectivity index (χ3n) is 2.61. The molecule has 120 valence electrons. The number of carbonyl (C=O) groups excluding carboxylic acids is 1. The van der Waals surface area contributed by atoms with Crippen molar-refractivity contribution in [2.75, 3.05) is 13.1 Å². The molecule has 0 spiro atoms. The zero-order chi connectivity index (χ0) is 17.0. The van der Waals surface area contributed by atoms with Crippen molar-refractivity contribution in [1.82, 2.24) is 4.90 Å². The summed E-state index contributed by atoms with van der Waals surface area (Å²) in [5.41, 5.74) is -2.19. The molecule has 1 aromatic rings. The topological polar surface area (TPSA) is 44.1 Å². The second kappa shape index (κ2) is 6.68. The number of carbonyl (C=O) groups is 1. The molecule has 9 heteroatoms. The first-order chi connectivity index (χ1) is 10.1. The number of amides is 1. The lowest BCUT2D eigenvalue weighted by Crippen LogP contribution is -2.40. The molecule has 0 saturated carbocycles. The Bertz CT molecular complexity index is 573. The van der Waals surface area contributed by atoms with Gasteiger partial charge in [-0.15, -0.1) is 0 Å². The highest BCUT2D eigenvalue weighted by molar-refractivity contribution is 5.96. The number of nitriles is 1.